The van der Waals surface area contributed by atoms with Gasteiger partial charge in [-0.25, -0.2) is 12.7 Å². The van der Waals surface area contributed by atoms with E-state index in [4.69, 9.17) is 0 Å². The van der Waals surface area contributed by atoms with Crippen LogP contribution < -0.4 is 0 Å². The van der Waals surface area contributed by atoms with Crippen molar-refractivity contribution in [3.63, 3.8) is 0 Å². The molecule has 1 aliphatic rings. The molecule has 0 bridgehead atoms. The fourth-order valence-electron chi connectivity index (χ4n) is 3.26. The lowest BCUT2D eigenvalue weighted by atomic mass is 9.93. The number of hydrogen-bond donors (Lipinski definition) is 0. The molecule has 3 heterocycles. The summed E-state index contributed by atoms with van der Waals surface area (Å²) in [6.07, 6.45) is 9.27. The van der Waals surface area contributed by atoms with E-state index >= 15 is 0 Å². The normalized spacial score (nSPS) is 17.3. The smallest absolute Gasteiger partial charge is 0.211 e. The molecular formula is C17H25N5O2S. The maximum Gasteiger partial charge on any atom is 0.211 e. The largest absolute Gasteiger partial charge is 0.261 e. The topological polar surface area (TPSA) is 81.0 Å². The minimum absolute atomic E-state index is 0.270. The Labute approximate surface area is 149 Å². The first-order valence-corrected chi connectivity index (χ1v) is 10.5. The van der Waals surface area contributed by atoms with Crippen LogP contribution in [-0.4, -0.2) is 51.8 Å². The van der Waals surface area contributed by atoms with Crippen LogP contribution in [0, 0.1) is 5.92 Å². The van der Waals surface area contributed by atoms with Crippen LogP contribution in [0.5, 0.6) is 0 Å². The van der Waals surface area contributed by atoms with Gasteiger partial charge in [0.2, 0.25) is 10.0 Å². The molecule has 0 amide bonds. The minimum Gasteiger partial charge on any atom is -0.261 e. The van der Waals surface area contributed by atoms with E-state index in [0.29, 0.717) is 19.0 Å². The molecule has 25 heavy (non-hydrogen) atoms. The average Bonchev–Trinajstić information content (AvgIpc) is 3.05. The summed E-state index contributed by atoms with van der Waals surface area (Å²) in [7, 11) is -3.07. The van der Waals surface area contributed by atoms with Crippen molar-refractivity contribution in [1.29, 1.82) is 0 Å². The summed E-state index contributed by atoms with van der Waals surface area (Å²) in [6, 6.07) is 2.22. The molecule has 0 N–H and O–H groups in total. The molecule has 7 nitrogen and oxygen atoms in total. The van der Waals surface area contributed by atoms with Crippen LogP contribution in [0.3, 0.4) is 0 Å². The van der Waals surface area contributed by atoms with Crippen molar-refractivity contribution in [3.05, 3.63) is 30.4 Å². The van der Waals surface area contributed by atoms with Crippen LogP contribution in [0.4, 0.5) is 0 Å². The molecule has 0 spiro atoms. The Morgan fingerprint density at radius 3 is 2.48 bits per heavy atom. The van der Waals surface area contributed by atoms with Crippen molar-refractivity contribution in [2.24, 2.45) is 5.92 Å². The third-order valence-electron chi connectivity index (χ3n) is 4.67. The molecule has 2 aromatic heterocycles. The second-order valence-corrected chi connectivity index (χ2v) is 8.94. The Bertz CT molecular complexity index is 806. The highest BCUT2D eigenvalue weighted by molar-refractivity contribution is 7.88. The van der Waals surface area contributed by atoms with E-state index < -0.39 is 10.0 Å². The van der Waals surface area contributed by atoms with Crippen LogP contribution in [0.1, 0.15) is 38.4 Å². The van der Waals surface area contributed by atoms with Gasteiger partial charge in [0.1, 0.15) is 5.69 Å². The SMILES string of the molecule is CC(C)n1nccc1-c1cnc(CC2CCN(S(C)(=O)=O)CC2)cn1. The van der Waals surface area contributed by atoms with Gasteiger partial charge in [-0.1, -0.05) is 0 Å². The van der Waals surface area contributed by atoms with E-state index in [9.17, 15) is 8.42 Å². The molecule has 0 aliphatic carbocycles. The van der Waals surface area contributed by atoms with Gasteiger partial charge in [-0.3, -0.25) is 14.6 Å². The van der Waals surface area contributed by atoms with Gasteiger partial charge >= 0.3 is 0 Å². The van der Waals surface area contributed by atoms with Gasteiger partial charge in [-0.15, -0.1) is 0 Å². The van der Waals surface area contributed by atoms with Crippen molar-refractivity contribution in [1.82, 2.24) is 24.1 Å². The molecule has 0 unspecified atom stereocenters. The van der Waals surface area contributed by atoms with Crippen molar-refractivity contribution in [2.45, 2.75) is 39.2 Å². The molecule has 1 aliphatic heterocycles. The summed E-state index contributed by atoms with van der Waals surface area (Å²) in [5.41, 5.74) is 2.74. The van der Waals surface area contributed by atoms with E-state index in [2.05, 4.69) is 28.9 Å². The highest BCUT2D eigenvalue weighted by atomic mass is 32.2. The van der Waals surface area contributed by atoms with Gasteiger partial charge in [-0.05, 0) is 45.1 Å². The Morgan fingerprint density at radius 1 is 1.20 bits per heavy atom. The fourth-order valence-corrected chi connectivity index (χ4v) is 4.14. The summed E-state index contributed by atoms with van der Waals surface area (Å²) < 4.78 is 26.6. The second kappa shape index (κ2) is 7.21. The molecule has 136 valence electrons. The Hall–Kier alpha value is -1.80. The molecule has 2 aromatic rings. The second-order valence-electron chi connectivity index (χ2n) is 6.96. The zero-order valence-corrected chi connectivity index (χ0v) is 15.8. The number of nitrogens with zero attached hydrogens (tertiary/aromatic N) is 5. The van der Waals surface area contributed by atoms with Crippen LogP contribution in [0.15, 0.2) is 24.7 Å². The molecular weight excluding hydrogens is 338 g/mol. The Kier molecular flexibility index (Phi) is 5.19. The monoisotopic (exact) mass is 363 g/mol. The van der Waals surface area contributed by atoms with Gasteiger partial charge in [0.15, 0.2) is 0 Å². The van der Waals surface area contributed by atoms with Crippen molar-refractivity contribution >= 4 is 10.0 Å². The van der Waals surface area contributed by atoms with E-state index in [-0.39, 0.29) is 6.04 Å². The maximum absolute atomic E-state index is 11.6. The quantitative estimate of drug-likeness (QED) is 0.813. The van der Waals surface area contributed by atoms with Gasteiger partial charge in [0, 0.05) is 31.5 Å². The predicted octanol–water partition coefficient (Wildman–Crippen LogP) is 2.14. The molecule has 0 radical (unpaired) electrons. The lowest BCUT2D eigenvalue weighted by Crippen LogP contribution is -2.38. The van der Waals surface area contributed by atoms with E-state index in [1.165, 1.54) is 6.26 Å². The zero-order valence-electron chi connectivity index (χ0n) is 15.0. The Balaban J connectivity index is 1.63. The Morgan fingerprint density at radius 2 is 1.92 bits per heavy atom. The first-order chi connectivity index (χ1) is 11.8. The summed E-state index contributed by atoms with van der Waals surface area (Å²) in [5.74, 6) is 0.458. The van der Waals surface area contributed by atoms with Gasteiger partial charge in [-0.2, -0.15) is 5.10 Å². The molecule has 1 saturated heterocycles. The van der Waals surface area contributed by atoms with E-state index in [1.54, 1.807) is 16.7 Å². The lowest BCUT2D eigenvalue weighted by Gasteiger charge is -2.29. The van der Waals surface area contributed by atoms with Gasteiger partial charge in [0.25, 0.3) is 0 Å². The van der Waals surface area contributed by atoms with Crippen LogP contribution in [0.25, 0.3) is 11.4 Å². The summed E-state index contributed by atoms with van der Waals surface area (Å²) in [4.78, 5) is 9.12. The third-order valence-corrected chi connectivity index (χ3v) is 5.97. The summed E-state index contributed by atoms with van der Waals surface area (Å²) in [5, 5.41) is 4.33. The van der Waals surface area contributed by atoms with Gasteiger partial charge < -0.3 is 0 Å². The predicted molar refractivity (Wildman–Crippen MR) is 96.5 cm³/mol. The molecule has 1 fully saturated rings. The fraction of sp³-hybridized carbons (Fsp3) is 0.588. The first-order valence-electron chi connectivity index (χ1n) is 8.64. The minimum atomic E-state index is -3.07. The highest BCUT2D eigenvalue weighted by Gasteiger charge is 2.25. The number of aromatic nitrogens is 4. The van der Waals surface area contributed by atoms with Crippen molar-refractivity contribution in [3.8, 4) is 11.4 Å². The number of piperidine rings is 1. The molecule has 0 atom stereocenters. The third kappa shape index (κ3) is 4.24. The van der Waals surface area contributed by atoms with Crippen molar-refractivity contribution in [2.75, 3.05) is 19.3 Å². The number of hydrogen-bond acceptors (Lipinski definition) is 5. The number of sulfonamides is 1. The van der Waals surface area contributed by atoms with Crippen LogP contribution in [0.2, 0.25) is 0 Å². The molecule has 0 aromatic carbocycles. The molecule has 8 heteroatoms. The van der Waals surface area contributed by atoms with E-state index in [0.717, 1.165) is 36.3 Å². The van der Waals surface area contributed by atoms with E-state index in [1.807, 2.05) is 16.9 Å². The lowest BCUT2D eigenvalue weighted by molar-refractivity contribution is 0.273. The highest BCUT2D eigenvalue weighted by Crippen LogP contribution is 2.23. The standard InChI is InChI=1S/C17H25N5O2S/c1-13(2)22-17(4-7-20-22)16-12-18-15(11-19-16)10-14-5-8-21(9-6-14)25(3,23)24/h4,7,11-14H,5-6,8-10H2,1-3H3. The van der Waals surface area contributed by atoms with Crippen LogP contribution >= 0.6 is 0 Å². The number of rotatable bonds is 5. The van der Waals surface area contributed by atoms with Gasteiger partial charge in [0.05, 0.1) is 23.8 Å². The molecule has 0 saturated carbocycles. The first kappa shape index (κ1) is 18.0. The molecule has 3 rings (SSSR count). The zero-order chi connectivity index (χ0) is 18.0. The van der Waals surface area contributed by atoms with Crippen molar-refractivity contribution < 1.29 is 8.42 Å². The maximum atomic E-state index is 11.6. The summed E-state index contributed by atoms with van der Waals surface area (Å²) >= 11 is 0. The van der Waals surface area contributed by atoms with Crippen LogP contribution in [-0.2, 0) is 16.4 Å². The summed E-state index contributed by atoms with van der Waals surface area (Å²) in [6.45, 7) is 5.37. The average molecular weight is 363 g/mol.